The van der Waals surface area contributed by atoms with Gasteiger partial charge in [-0.25, -0.2) is 0 Å². The molecule has 15 heavy (non-hydrogen) atoms. The molecule has 82 valence electrons. The third kappa shape index (κ3) is 3.87. The fourth-order valence-corrected chi connectivity index (χ4v) is 1.01. The van der Waals surface area contributed by atoms with E-state index in [2.05, 4.69) is 6.58 Å². The number of halogens is 4. The lowest BCUT2D eigenvalue weighted by Gasteiger charge is -2.18. The summed E-state index contributed by atoms with van der Waals surface area (Å²) in [7, 11) is 0. The Bertz CT molecular complexity index is 365. The maximum absolute atomic E-state index is 12.1. The highest BCUT2D eigenvalue weighted by atomic mass is 35.5. The molecule has 0 bridgehead atoms. The summed E-state index contributed by atoms with van der Waals surface area (Å²) >= 11 is 5.63. The van der Waals surface area contributed by atoms with Crippen LogP contribution in [0.4, 0.5) is 12.9 Å². The lowest BCUT2D eigenvalue weighted by atomic mass is 9.81. The van der Waals surface area contributed by atoms with Crippen LogP contribution < -0.4 is 4.74 Å². The molecule has 0 radical (unpaired) electrons. The number of benzene rings is 1. The van der Waals surface area contributed by atoms with E-state index in [0.717, 1.165) is 0 Å². The van der Waals surface area contributed by atoms with Gasteiger partial charge in [-0.3, -0.25) is 0 Å². The van der Waals surface area contributed by atoms with Crippen molar-refractivity contribution in [1.82, 2.24) is 0 Å². The largest absolute Gasteiger partial charge is 0.508 e. The zero-order valence-corrected chi connectivity index (χ0v) is 8.48. The topological polar surface area (TPSA) is 9.23 Å². The molecule has 1 nitrogen and oxygen atoms in total. The van der Waals surface area contributed by atoms with E-state index >= 15 is 0 Å². The lowest BCUT2D eigenvalue weighted by Crippen LogP contribution is -2.23. The first-order valence-electron chi connectivity index (χ1n) is 4.15. The Balaban J connectivity index is 2.55. The maximum Gasteiger partial charge on any atom is 0.508 e. The van der Waals surface area contributed by atoms with E-state index < -0.39 is 19.1 Å². The molecule has 0 N–H and O–H groups in total. The highest BCUT2D eigenvalue weighted by Gasteiger charge is 2.26. The van der Waals surface area contributed by atoms with Crippen molar-refractivity contribution in [2.75, 3.05) is 6.61 Å². The van der Waals surface area contributed by atoms with Gasteiger partial charge in [-0.15, -0.1) is 12.1 Å². The van der Waals surface area contributed by atoms with Crippen LogP contribution in [-0.4, -0.2) is 13.6 Å². The van der Waals surface area contributed by atoms with Crippen LogP contribution in [0, 0.1) is 0 Å². The van der Waals surface area contributed by atoms with Gasteiger partial charge in [0.05, 0.1) is 6.61 Å². The van der Waals surface area contributed by atoms with Crippen LogP contribution in [0.1, 0.15) is 0 Å². The average molecular weight is 235 g/mol. The smallest absolute Gasteiger partial charge is 0.492 e. The van der Waals surface area contributed by atoms with E-state index in [4.69, 9.17) is 16.3 Å². The van der Waals surface area contributed by atoms with Crippen molar-refractivity contribution in [3.05, 3.63) is 41.3 Å². The molecule has 0 spiro atoms. The lowest BCUT2D eigenvalue weighted by molar-refractivity contribution is 0.347. The van der Waals surface area contributed by atoms with Crippen LogP contribution in [0.15, 0.2) is 36.3 Å². The number of hydrogen-bond acceptors (Lipinski definition) is 1. The van der Waals surface area contributed by atoms with E-state index in [9.17, 15) is 12.9 Å². The van der Waals surface area contributed by atoms with Gasteiger partial charge in [0, 0.05) is 5.02 Å². The third-order valence-electron chi connectivity index (χ3n) is 1.68. The molecule has 0 aliphatic heterocycles. The number of hydrogen-bond donors (Lipinski definition) is 0. The van der Waals surface area contributed by atoms with Crippen molar-refractivity contribution < 1.29 is 17.7 Å². The van der Waals surface area contributed by atoms with Gasteiger partial charge in [-0.05, 0) is 18.2 Å². The fraction of sp³-hybridized carbons (Fsp3) is 0.111. The Morgan fingerprint density at radius 1 is 1.40 bits per heavy atom. The molecule has 0 saturated heterocycles. The average Bonchev–Trinajstić information content (AvgIpc) is 2.12. The van der Waals surface area contributed by atoms with Crippen LogP contribution in [0.3, 0.4) is 0 Å². The first-order valence-corrected chi connectivity index (χ1v) is 4.53. The summed E-state index contributed by atoms with van der Waals surface area (Å²) in [6.45, 7) is -2.69. The number of rotatable bonds is 4. The molecule has 0 aliphatic carbocycles. The maximum atomic E-state index is 12.1. The Hall–Kier alpha value is -1.10. The van der Waals surface area contributed by atoms with Gasteiger partial charge in [0.15, 0.2) is 0 Å². The molecule has 1 aromatic rings. The van der Waals surface area contributed by atoms with Gasteiger partial charge in [0.25, 0.3) is 0 Å². The van der Waals surface area contributed by atoms with Crippen molar-refractivity contribution >= 4 is 18.6 Å². The number of ether oxygens (including phenoxy) is 1. The Morgan fingerprint density at radius 2 is 2.07 bits per heavy atom. The summed E-state index contributed by atoms with van der Waals surface area (Å²) in [4.78, 5) is 0. The van der Waals surface area contributed by atoms with E-state index in [1.807, 2.05) is 0 Å². The Labute approximate surface area is 90.6 Å². The first-order chi connectivity index (χ1) is 6.89. The van der Waals surface area contributed by atoms with Gasteiger partial charge < -0.3 is 17.7 Å². The highest BCUT2D eigenvalue weighted by Crippen LogP contribution is 2.21. The van der Waals surface area contributed by atoms with E-state index in [0.29, 0.717) is 10.8 Å². The molecule has 0 aromatic heterocycles. The summed E-state index contributed by atoms with van der Waals surface area (Å²) in [5, 5.41) is 0.413. The standard InChI is InChI=1S/C9H8BClF3O/c1-7(10(12,13)14)6-15-9-4-2-3-8(11)5-9/h2-5H,1,6H2/q-1. The molecule has 1 rings (SSSR count). The second-order valence-corrected chi connectivity index (χ2v) is 3.42. The second kappa shape index (κ2) is 4.62. The van der Waals surface area contributed by atoms with Crippen molar-refractivity contribution in [3.8, 4) is 5.75 Å². The minimum atomic E-state index is -5.03. The van der Waals surface area contributed by atoms with Crippen molar-refractivity contribution in [1.29, 1.82) is 0 Å². The first kappa shape index (κ1) is 12.0. The monoisotopic (exact) mass is 235 g/mol. The van der Waals surface area contributed by atoms with Crippen LogP contribution in [0.2, 0.25) is 5.02 Å². The van der Waals surface area contributed by atoms with E-state index in [1.165, 1.54) is 12.1 Å². The van der Waals surface area contributed by atoms with Crippen LogP contribution in [0.25, 0.3) is 0 Å². The Morgan fingerprint density at radius 3 is 2.60 bits per heavy atom. The third-order valence-corrected chi connectivity index (χ3v) is 1.92. The zero-order valence-electron chi connectivity index (χ0n) is 7.72. The molecule has 0 fully saturated rings. The summed E-state index contributed by atoms with van der Waals surface area (Å²) in [5.41, 5.74) is -0.866. The quantitative estimate of drug-likeness (QED) is 0.724. The van der Waals surface area contributed by atoms with Crippen molar-refractivity contribution in [2.45, 2.75) is 0 Å². The Kier molecular flexibility index (Phi) is 3.69. The molecule has 0 unspecified atom stereocenters. The summed E-state index contributed by atoms with van der Waals surface area (Å²) < 4.78 is 41.2. The fourth-order valence-electron chi connectivity index (χ4n) is 0.827. The van der Waals surface area contributed by atoms with E-state index in [1.54, 1.807) is 12.1 Å². The summed E-state index contributed by atoms with van der Waals surface area (Å²) in [6.07, 6.45) is 0. The molecule has 0 aliphatic rings. The van der Waals surface area contributed by atoms with Gasteiger partial charge in [0.1, 0.15) is 5.75 Å². The van der Waals surface area contributed by atoms with Gasteiger partial charge in [-0.2, -0.15) is 0 Å². The van der Waals surface area contributed by atoms with E-state index in [-0.39, 0.29) is 0 Å². The SMILES string of the molecule is C=C(COc1cccc(Cl)c1)[B-](F)(F)F. The van der Waals surface area contributed by atoms with Crippen LogP contribution in [-0.2, 0) is 0 Å². The van der Waals surface area contributed by atoms with Gasteiger partial charge in [0.2, 0.25) is 0 Å². The molecular formula is C9H8BClF3O-. The van der Waals surface area contributed by atoms with Gasteiger partial charge >= 0.3 is 6.98 Å². The molecule has 0 heterocycles. The molecule has 1 aromatic carbocycles. The summed E-state index contributed by atoms with van der Waals surface area (Å²) in [6, 6.07) is 6.18. The molecule has 0 saturated carbocycles. The summed E-state index contributed by atoms with van der Waals surface area (Å²) in [5.74, 6) is 0.295. The zero-order chi connectivity index (χ0) is 11.5. The minimum Gasteiger partial charge on any atom is -0.492 e. The molecular weight excluding hydrogens is 227 g/mol. The predicted octanol–water partition coefficient (Wildman–Crippen LogP) is 3.66. The van der Waals surface area contributed by atoms with Crippen molar-refractivity contribution in [2.24, 2.45) is 0 Å². The van der Waals surface area contributed by atoms with Gasteiger partial charge in [-0.1, -0.05) is 17.7 Å². The molecule has 0 atom stereocenters. The predicted molar refractivity (Wildman–Crippen MR) is 55.2 cm³/mol. The normalized spacial score (nSPS) is 11.2. The van der Waals surface area contributed by atoms with Crippen LogP contribution >= 0.6 is 11.6 Å². The molecule has 0 amide bonds. The molecule has 6 heteroatoms. The minimum absolute atomic E-state index is 0.295. The van der Waals surface area contributed by atoms with Crippen molar-refractivity contribution in [3.63, 3.8) is 0 Å². The van der Waals surface area contributed by atoms with Crippen LogP contribution in [0.5, 0.6) is 5.75 Å². The highest BCUT2D eigenvalue weighted by molar-refractivity contribution is 6.66. The second-order valence-electron chi connectivity index (χ2n) is 2.98.